The molecule has 0 spiro atoms. The van der Waals surface area contributed by atoms with Gasteiger partial charge in [0.2, 0.25) is 0 Å². The molecule has 2 rings (SSSR count). The number of nitrogens with zero attached hydrogens (tertiary/aromatic N) is 1. The normalized spacial score (nSPS) is 10.3. The number of carbonyl (C=O) groups excluding carboxylic acids is 1. The highest BCUT2D eigenvalue weighted by atomic mass is 35.5. The number of hydrogen-bond donors (Lipinski definition) is 1. The molecule has 1 heterocycles. The summed E-state index contributed by atoms with van der Waals surface area (Å²) in [7, 11) is 1.51. The number of anilines is 1. The number of aromatic nitrogens is 1. The summed E-state index contributed by atoms with van der Waals surface area (Å²) in [4.78, 5) is 16.5. The van der Waals surface area contributed by atoms with Gasteiger partial charge >= 0.3 is 0 Å². The zero-order chi connectivity index (χ0) is 16.8. The van der Waals surface area contributed by atoms with E-state index in [0.29, 0.717) is 34.5 Å². The van der Waals surface area contributed by atoms with E-state index in [9.17, 15) is 4.79 Å². The number of rotatable bonds is 6. The van der Waals surface area contributed by atoms with Crippen LogP contribution in [0.5, 0.6) is 11.5 Å². The van der Waals surface area contributed by atoms with E-state index in [-0.39, 0.29) is 5.91 Å². The zero-order valence-corrected chi connectivity index (χ0v) is 14.1. The maximum absolute atomic E-state index is 12.4. The molecule has 5 nitrogen and oxygen atoms in total. The monoisotopic (exact) mass is 334 g/mol. The first-order valence-electron chi connectivity index (χ1n) is 7.29. The van der Waals surface area contributed by atoms with Crippen LogP contribution in [-0.2, 0) is 0 Å². The van der Waals surface area contributed by atoms with Crippen LogP contribution in [0.1, 0.15) is 29.3 Å². The summed E-state index contributed by atoms with van der Waals surface area (Å²) in [5, 5.41) is 3.07. The Labute approximate surface area is 140 Å². The summed E-state index contributed by atoms with van der Waals surface area (Å²) >= 11 is 6.22. The minimum atomic E-state index is -0.314. The van der Waals surface area contributed by atoms with Gasteiger partial charge < -0.3 is 14.8 Å². The Balaban J connectivity index is 2.25. The van der Waals surface area contributed by atoms with Gasteiger partial charge in [0.15, 0.2) is 11.5 Å². The standard InChI is InChI=1S/C17H19ClN2O3/c1-4-7-23-16-13(18)9-12(10-14(16)22-3)17(21)20-15-8-11(2)5-6-19-15/h5-6,8-10H,4,7H2,1-3H3,(H,19,20,21). The average Bonchev–Trinajstić information content (AvgIpc) is 2.53. The number of nitrogens with one attached hydrogen (secondary N) is 1. The molecule has 0 aliphatic rings. The number of amides is 1. The Bertz CT molecular complexity index is 704. The van der Waals surface area contributed by atoms with Crippen molar-refractivity contribution in [3.63, 3.8) is 0 Å². The highest BCUT2D eigenvalue weighted by molar-refractivity contribution is 6.32. The summed E-state index contributed by atoms with van der Waals surface area (Å²) in [6.07, 6.45) is 2.49. The first-order chi connectivity index (χ1) is 11.0. The van der Waals surface area contributed by atoms with Gasteiger partial charge in [-0.15, -0.1) is 0 Å². The summed E-state index contributed by atoms with van der Waals surface area (Å²) in [6.45, 7) is 4.45. The fourth-order valence-electron chi connectivity index (χ4n) is 1.99. The van der Waals surface area contributed by atoms with Crippen LogP contribution in [0.3, 0.4) is 0 Å². The quantitative estimate of drug-likeness (QED) is 0.864. The number of hydrogen-bond acceptors (Lipinski definition) is 4. The molecule has 1 N–H and O–H groups in total. The van der Waals surface area contributed by atoms with Crippen LogP contribution >= 0.6 is 11.6 Å². The Morgan fingerprint density at radius 2 is 2.13 bits per heavy atom. The number of pyridine rings is 1. The van der Waals surface area contributed by atoms with Crippen LogP contribution in [-0.4, -0.2) is 24.6 Å². The van der Waals surface area contributed by atoms with Gasteiger partial charge in [0, 0.05) is 11.8 Å². The third kappa shape index (κ3) is 4.36. The van der Waals surface area contributed by atoms with Crippen molar-refractivity contribution >= 4 is 23.3 Å². The minimum absolute atomic E-state index is 0.314. The molecule has 0 aliphatic heterocycles. The number of aryl methyl sites for hydroxylation is 1. The zero-order valence-electron chi connectivity index (χ0n) is 13.4. The number of ether oxygens (including phenoxy) is 2. The van der Waals surface area contributed by atoms with Gasteiger partial charge in [0.25, 0.3) is 5.91 Å². The van der Waals surface area contributed by atoms with Crippen LogP contribution in [0.4, 0.5) is 5.82 Å². The van der Waals surface area contributed by atoms with E-state index in [2.05, 4.69) is 10.3 Å². The van der Waals surface area contributed by atoms with Crippen LogP contribution in [0.2, 0.25) is 5.02 Å². The maximum atomic E-state index is 12.4. The fraction of sp³-hybridized carbons (Fsp3) is 0.294. The third-order valence-corrected chi connectivity index (χ3v) is 3.38. The topological polar surface area (TPSA) is 60.5 Å². The molecule has 122 valence electrons. The highest BCUT2D eigenvalue weighted by Gasteiger charge is 2.16. The van der Waals surface area contributed by atoms with Gasteiger partial charge in [-0.05, 0) is 43.2 Å². The fourth-order valence-corrected chi connectivity index (χ4v) is 2.25. The lowest BCUT2D eigenvalue weighted by Crippen LogP contribution is -2.13. The van der Waals surface area contributed by atoms with E-state index < -0.39 is 0 Å². The summed E-state index contributed by atoms with van der Waals surface area (Å²) in [6, 6.07) is 6.80. The average molecular weight is 335 g/mol. The molecule has 23 heavy (non-hydrogen) atoms. The van der Waals surface area contributed by atoms with Crippen molar-refractivity contribution in [3.8, 4) is 11.5 Å². The lowest BCUT2D eigenvalue weighted by molar-refractivity contribution is 0.102. The van der Waals surface area contributed by atoms with Gasteiger partial charge in [-0.25, -0.2) is 4.98 Å². The first-order valence-corrected chi connectivity index (χ1v) is 7.67. The van der Waals surface area contributed by atoms with Gasteiger partial charge in [0.1, 0.15) is 5.82 Å². The second-order valence-electron chi connectivity index (χ2n) is 5.01. The Morgan fingerprint density at radius 1 is 1.35 bits per heavy atom. The Kier molecular flexibility index (Phi) is 5.82. The molecular formula is C17H19ClN2O3. The van der Waals surface area contributed by atoms with Crippen molar-refractivity contribution in [2.75, 3.05) is 19.0 Å². The van der Waals surface area contributed by atoms with Crippen LogP contribution in [0.25, 0.3) is 0 Å². The van der Waals surface area contributed by atoms with Crippen LogP contribution in [0.15, 0.2) is 30.5 Å². The molecular weight excluding hydrogens is 316 g/mol. The predicted octanol–water partition coefficient (Wildman–Crippen LogP) is 4.09. The SMILES string of the molecule is CCCOc1c(Cl)cc(C(=O)Nc2cc(C)ccn2)cc1OC. The molecule has 0 fully saturated rings. The molecule has 6 heteroatoms. The molecule has 0 unspecified atom stereocenters. The molecule has 0 saturated carbocycles. The maximum Gasteiger partial charge on any atom is 0.257 e. The number of halogens is 1. The van der Waals surface area contributed by atoms with Crippen molar-refractivity contribution in [1.29, 1.82) is 0 Å². The van der Waals surface area contributed by atoms with E-state index in [4.69, 9.17) is 21.1 Å². The summed E-state index contributed by atoms with van der Waals surface area (Å²) in [5.74, 6) is 1.04. The molecule has 0 atom stereocenters. The van der Waals surface area contributed by atoms with Crippen LogP contribution < -0.4 is 14.8 Å². The smallest absolute Gasteiger partial charge is 0.257 e. The molecule has 0 saturated heterocycles. The van der Waals surface area contributed by atoms with E-state index in [0.717, 1.165) is 12.0 Å². The molecule has 1 aromatic carbocycles. The van der Waals surface area contributed by atoms with Crippen molar-refractivity contribution in [2.24, 2.45) is 0 Å². The van der Waals surface area contributed by atoms with Gasteiger partial charge in [0.05, 0.1) is 18.7 Å². The van der Waals surface area contributed by atoms with E-state index in [1.165, 1.54) is 7.11 Å². The van der Waals surface area contributed by atoms with Crippen LogP contribution in [0, 0.1) is 6.92 Å². The Morgan fingerprint density at radius 3 is 2.78 bits per heavy atom. The van der Waals surface area contributed by atoms with Gasteiger partial charge in [-0.2, -0.15) is 0 Å². The molecule has 2 aromatic rings. The van der Waals surface area contributed by atoms with Crippen molar-refractivity contribution < 1.29 is 14.3 Å². The van der Waals surface area contributed by atoms with E-state index in [1.807, 2.05) is 19.9 Å². The van der Waals surface area contributed by atoms with Crippen molar-refractivity contribution in [1.82, 2.24) is 4.98 Å². The highest BCUT2D eigenvalue weighted by Crippen LogP contribution is 2.36. The molecule has 0 radical (unpaired) electrons. The number of methoxy groups -OCH3 is 1. The molecule has 0 aliphatic carbocycles. The van der Waals surface area contributed by atoms with Crippen molar-refractivity contribution in [3.05, 3.63) is 46.6 Å². The Hall–Kier alpha value is -2.27. The van der Waals surface area contributed by atoms with Gasteiger partial charge in [-0.1, -0.05) is 18.5 Å². The van der Waals surface area contributed by atoms with Gasteiger partial charge in [-0.3, -0.25) is 4.79 Å². The second-order valence-corrected chi connectivity index (χ2v) is 5.42. The predicted molar refractivity (Wildman–Crippen MR) is 90.7 cm³/mol. The largest absolute Gasteiger partial charge is 0.493 e. The third-order valence-electron chi connectivity index (χ3n) is 3.10. The lowest BCUT2D eigenvalue weighted by Gasteiger charge is -2.13. The molecule has 0 bridgehead atoms. The minimum Gasteiger partial charge on any atom is -0.493 e. The summed E-state index contributed by atoms with van der Waals surface area (Å²) < 4.78 is 10.9. The molecule has 1 aromatic heterocycles. The lowest BCUT2D eigenvalue weighted by atomic mass is 10.2. The number of benzene rings is 1. The second kappa shape index (κ2) is 7.83. The summed E-state index contributed by atoms with van der Waals surface area (Å²) in [5.41, 5.74) is 1.38. The first kappa shape index (κ1) is 17.1. The number of carbonyl (C=O) groups is 1. The van der Waals surface area contributed by atoms with E-state index >= 15 is 0 Å². The molecule has 1 amide bonds. The van der Waals surface area contributed by atoms with E-state index in [1.54, 1.807) is 24.4 Å². The van der Waals surface area contributed by atoms with Crippen molar-refractivity contribution in [2.45, 2.75) is 20.3 Å².